The maximum Gasteiger partial charge on any atom is 0.226 e. The van der Waals surface area contributed by atoms with Crippen LogP contribution in [0.15, 0.2) is 53.2 Å². The van der Waals surface area contributed by atoms with E-state index < -0.39 is 0 Å². The van der Waals surface area contributed by atoms with Crippen molar-refractivity contribution in [1.29, 1.82) is 0 Å². The Morgan fingerprint density at radius 1 is 1.10 bits per heavy atom. The maximum absolute atomic E-state index is 5.78. The van der Waals surface area contributed by atoms with Gasteiger partial charge < -0.3 is 14.6 Å². The molecule has 21 heavy (non-hydrogen) atoms. The van der Waals surface area contributed by atoms with E-state index in [0.717, 1.165) is 16.9 Å². The van der Waals surface area contributed by atoms with E-state index in [1.54, 1.807) is 25.6 Å². The van der Waals surface area contributed by atoms with Gasteiger partial charge in [0.15, 0.2) is 5.76 Å². The first kappa shape index (κ1) is 13.1. The summed E-state index contributed by atoms with van der Waals surface area (Å²) < 4.78 is 10.9. The van der Waals surface area contributed by atoms with Gasteiger partial charge in [0.25, 0.3) is 0 Å². The number of benzene rings is 1. The predicted octanol–water partition coefficient (Wildman–Crippen LogP) is 2.70. The summed E-state index contributed by atoms with van der Waals surface area (Å²) in [4.78, 5) is 8.33. The molecule has 0 fully saturated rings. The predicted molar refractivity (Wildman–Crippen MR) is 79.5 cm³/mol. The average molecular weight is 282 g/mol. The molecule has 0 aliphatic heterocycles. The lowest BCUT2D eigenvalue weighted by molar-refractivity contribution is 0.415. The van der Waals surface area contributed by atoms with Crippen molar-refractivity contribution in [2.45, 2.75) is 0 Å². The summed E-state index contributed by atoms with van der Waals surface area (Å²) in [6.45, 7) is 0. The molecular formula is C15H14N4O2. The molecule has 6 nitrogen and oxygen atoms in total. The fourth-order valence-corrected chi connectivity index (χ4v) is 1.94. The zero-order chi connectivity index (χ0) is 14.7. The van der Waals surface area contributed by atoms with Crippen molar-refractivity contribution in [2.24, 2.45) is 5.84 Å². The van der Waals surface area contributed by atoms with Gasteiger partial charge in [-0.1, -0.05) is 0 Å². The van der Waals surface area contributed by atoms with Crippen molar-refractivity contribution in [3.63, 3.8) is 0 Å². The summed E-state index contributed by atoms with van der Waals surface area (Å²) >= 11 is 0. The third kappa shape index (κ3) is 2.70. The van der Waals surface area contributed by atoms with Crippen molar-refractivity contribution in [3.05, 3.63) is 48.8 Å². The quantitative estimate of drug-likeness (QED) is 0.565. The molecule has 3 N–H and O–H groups in total. The number of pyridine rings is 1. The zero-order valence-corrected chi connectivity index (χ0v) is 11.4. The van der Waals surface area contributed by atoms with Gasteiger partial charge in [0, 0.05) is 17.3 Å². The minimum atomic E-state index is 0.514. The topological polar surface area (TPSA) is 86.2 Å². The Hall–Kier alpha value is -2.86. The van der Waals surface area contributed by atoms with Gasteiger partial charge in [-0.25, -0.2) is 15.8 Å². The highest BCUT2D eigenvalue weighted by Gasteiger charge is 2.09. The molecule has 0 aliphatic rings. The number of oxazole rings is 1. The van der Waals surface area contributed by atoms with Crippen LogP contribution in [0, 0.1) is 0 Å². The minimum Gasteiger partial charge on any atom is -0.497 e. The number of nitrogens with zero attached hydrogens (tertiary/aromatic N) is 2. The Bertz CT molecular complexity index is 737. The summed E-state index contributed by atoms with van der Waals surface area (Å²) in [7, 11) is 1.63. The summed E-state index contributed by atoms with van der Waals surface area (Å²) in [6, 6.07) is 11.2. The number of nitrogens with one attached hydrogen (secondary N) is 1. The van der Waals surface area contributed by atoms with E-state index in [9.17, 15) is 0 Å². The number of ether oxygens (including phenoxy) is 1. The summed E-state index contributed by atoms with van der Waals surface area (Å²) in [5.74, 6) is 7.90. The number of aromatic nitrogens is 2. The van der Waals surface area contributed by atoms with Crippen LogP contribution in [-0.2, 0) is 0 Å². The van der Waals surface area contributed by atoms with Crippen molar-refractivity contribution in [2.75, 3.05) is 12.5 Å². The second-order valence-corrected chi connectivity index (χ2v) is 4.33. The average Bonchev–Trinajstić information content (AvgIpc) is 3.05. The lowest BCUT2D eigenvalue weighted by Crippen LogP contribution is -2.08. The summed E-state index contributed by atoms with van der Waals surface area (Å²) in [5, 5.41) is 0. The van der Waals surface area contributed by atoms with Crippen molar-refractivity contribution in [1.82, 2.24) is 9.97 Å². The second-order valence-electron chi connectivity index (χ2n) is 4.33. The van der Waals surface area contributed by atoms with Crippen LogP contribution in [0.4, 0.5) is 5.82 Å². The first-order valence-electron chi connectivity index (χ1n) is 6.33. The SMILES string of the molecule is COc1ccc(-c2cnc(-c3ccnc(NN)c3)o2)cc1. The number of anilines is 1. The highest BCUT2D eigenvalue weighted by Crippen LogP contribution is 2.27. The smallest absolute Gasteiger partial charge is 0.226 e. The van der Waals surface area contributed by atoms with Gasteiger partial charge >= 0.3 is 0 Å². The number of nitrogens with two attached hydrogens (primary N) is 1. The van der Waals surface area contributed by atoms with E-state index >= 15 is 0 Å². The van der Waals surface area contributed by atoms with Crippen LogP contribution in [-0.4, -0.2) is 17.1 Å². The molecule has 0 amide bonds. The van der Waals surface area contributed by atoms with E-state index in [1.807, 2.05) is 30.3 Å². The van der Waals surface area contributed by atoms with Crippen LogP contribution < -0.4 is 16.0 Å². The molecule has 0 saturated heterocycles. The number of methoxy groups -OCH3 is 1. The molecule has 0 atom stereocenters. The fourth-order valence-electron chi connectivity index (χ4n) is 1.94. The first-order valence-corrected chi connectivity index (χ1v) is 6.33. The van der Waals surface area contributed by atoms with E-state index in [1.165, 1.54) is 0 Å². The van der Waals surface area contributed by atoms with Gasteiger partial charge in [-0.05, 0) is 36.4 Å². The third-order valence-corrected chi connectivity index (χ3v) is 3.03. The van der Waals surface area contributed by atoms with Gasteiger partial charge in [0.1, 0.15) is 11.6 Å². The fraction of sp³-hybridized carbons (Fsp3) is 0.0667. The Labute approximate surface area is 121 Å². The molecular weight excluding hydrogens is 268 g/mol. The van der Waals surface area contributed by atoms with Crippen LogP contribution >= 0.6 is 0 Å². The number of rotatable bonds is 4. The molecule has 2 aromatic heterocycles. The summed E-state index contributed by atoms with van der Waals surface area (Å²) in [5.41, 5.74) is 4.23. The van der Waals surface area contributed by atoms with Crippen molar-refractivity contribution in [3.8, 4) is 28.5 Å². The highest BCUT2D eigenvalue weighted by atomic mass is 16.5. The second kappa shape index (κ2) is 5.64. The Morgan fingerprint density at radius 2 is 1.90 bits per heavy atom. The van der Waals surface area contributed by atoms with E-state index in [-0.39, 0.29) is 0 Å². The van der Waals surface area contributed by atoms with Crippen LogP contribution in [0.3, 0.4) is 0 Å². The van der Waals surface area contributed by atoms with Gasteiger partial charge in [-0.3, -0.25) is 0 Å². The minimum absolute atomic E-state index is 0.514. The number of hydrogen-bond donors (Lipinski definition) is 2. The molecule has 106 valence electrons. The first-order chi connectivity index (χ1) is 10.3. The van der Waals surface area contributed by atoms with E-state index in [2.05, 4.69) is 15.4 Å². The monoisotopic (exact) mass is 282 g/mol. The van der Waals surface area contributed by atoms with E-state index in [0.29, 0.717) is 17.5 Å². The normalized spacial score (nSPS) is 10.4. The molecule has 0 spiro atoms. The number of nitrogen functional groups attached to an aromatic ring is 1. The van der Waals surface area contributed by atoms with Gasteiger partial charge in [0.2, 0.25) is 5.89 Å². The Balaban J connectivity index is 1.91. The molecule has 0 unspecified atom stereocenters. The molecule has 3 rings (SSSR count). The van der Waals surface area contributed by atoms with Gasteiger partial charge in [0.05, 0.1) is 13.3 Å². The third-order valence-electron chi connectivity index (χ3n) is 3.03. The number of hydrazine groups is 1. The largest absolute Gasteiger partial charge is 0.497 e. The Morgan fingerprint density at radius 3 is 2.62 bits per heavy atom. The van der Waals surface area contributed by atoms with Crippen LogP contribution in [0.1, 0.15) is 0 Å². The van der Waals surface area contributed by atoms with Crippen LogP contribution in [0.25, 0.3) is 22.8 Å². The van der Waals surface area contributed by atoms with Crippen molar-refractivity contribution < 1.29 is 9.15 Å². The van der Waals surface area contributed by atoms with Gasteiger partial charge in [-0.2, -0.15) is 0 Å². The maximum atomic E-state index is 5.78. The molecule has 3 aromatic rings. The molecule has 0 radical (unpaired) electrons. The lowest BCUT2D eigenvalue weighted by Gasteiger charge is -2.01. The van der Waals surface area contributed by atoms with Gasteiger partial charge in [-0.15, -0.1) is 0 Å². The molecule has 2 heterocycles. The molecule has 0 bridgehead atoms. The van der Waals surface area contributed by atoms with Crippen LogP contribution in [0.2, 0.25) is 0 Å². The molecule has 0 saturated carbocycles. The Kier molecular flexibility index (Phi) is 3.53. The molecule has 0 aliphatic carbocycles. The molecule has 6 heteroatoms. The standard InChI is InChI=1S/C15H14N4O2/c1-20-12-4-2-10(3-5-12)13-9-18-15(21-13)11-6-7-17-14(8-11)19-16/h2-9H,16H2,1H3,(H,17,19). The highest BCUT2D eigenvalue weighted by molar-refractivity contribution is 5.63. The van der Waals surface area contributed by atoms with Crippen molar-refractivity contribution >= 4 is 5.82 Å². The molecule has 1 aromatic carbocycles. The zero-order valence-electron chi connectivity index (χ0n) is 11.4. The van der Waals surface area contributed by atoms with Crippen LogP contribution in [0.5, 0.6) is 5.75 Å². The lowest BCUT2D eigenvalue weighted by atomic mass is 10.2. The van der Waals surface area contributed by atoms with E-state index in [4.69, 9.17) is 15.0 Å². The summed E-state index contributed by atoms with van der Waals surface area (Å²) in [6.07, 6.45) is 3.33. The number of hydrogen-bond acceptors (Lipinski definition) is 6.